The third-order valence-corrected chi connectivity index (χ3v) is 15.5. The van der Waals surface area contributed by atoms with Crippen molar-refractivity contribution in [2.75, 3.05) is 0 Å². The molecular weight excluding hydrogens is 779 g/mol. The van der Waals surface area contributed by atoms with E-state index in [0.717, 1.165) is 42.7 Å². The van der Waals surface area contributed by atoms with Crippen LogP contribution in [0.3, 0.4) is 0 Å². The molecule has 1 N–H and O–H groups in total. The van der Waals surface area contributed by atoms with Crippen molar-refractivity contribution in [1.82, 2.24) is 4.57 Å². The number of para-hydroxylation sites is 1. The van der Waals surface area contributed by atoms with Crippen LogP contribution in [0.4, 0.5) is 0 Å². The van der Waals surface area contributed by atoms with E-state index in [2.05, 4.69) is 105 Å². The fraction of sp³-hybridized carbons (Fsp3) is 0.377. The largest absolute Gasteiger partial charge is 0.478 e. The van der Waals surface area contributed by atoms with E-state index in [1.54, 1.807) is 12.1 Å². The van der Waals surface area contributed by atoms with Crippen molar-refractivity contribution < 1.29 is 9.90 Å². The van der Waals surface area contributed by atoms with Gasteiger partial charge in [0.2, 0.25) is 0 Å². The molecule has 0 aliphatic rings. The second kappa shape index (κ2) is 20.7. The summed E-state index contributed by atoms with van der Waals surface area (Å²) < 4.78 is 2.47. The molecule has 306 valence electrons. The molecule has 0 saturated heterocycles. The number of rotatable bonds is 20. The Bertz CT molecular complexity index is 2550. The van der Waals surface area contributed by atoms with Gasteiger partial charge in [-0.15, -0.1) is 34.0 Å². The maximum absolute atomic E-state index is 11.5. The number of carbonyl (C=O) groups is 1. The van der Waals surface area contributed by atoms with Gasteiger partial charge in [0.25, 0.3) is 0 Å². The van der Waals surface area contributed by atoms with Crippen LogP contribution in [0.15, 0.2) is 84.9 Å². The third-order valence-electron chi connectivity index (χ3n) is 11.6. The van der Waals surface area contributed by atoms with E-state index < -0.39 is 5.97 Å². The van der Waals surface area contributed by atoms with Gasteiger partial charge in [-0.05, 0) is 122 Å². The number of nitrogens with zero attached hydrogens (tertiary/aromatic N) is 1. The minimum atomic E-state index is -0.914. The summed E-state index contributed by atoms with van der Waals surface area (Å²) in [7, 11) is 0. The Labute approximate surface area is 364 Å². The Kier molecular flexibility index (Phi) is 15.0. The van der Waals surface area contributed by atoms with Gasteiger partial charge in [0.05, 0.1) is 10.4 Å². The highest BCUT2D eigenvalue weighted by atomic mass is 32.1. The predicted molar refractivity (Wildman–Crippen MR) is 258 cm³/mol. The lowest BCUT2D eigenvalue weighted by Gasteiger charge is -2.04. The molecule has 0 atom stereocenters. The van der Waals surface area contributed by atoms with Crippen LogP contribution < -0.4 is 0 Å². The third kappa shape index (κ3) is 10.1. The first kappa shape index (κ1) is 42.7. The summed E-state index contributed by atoms with van der Waals surface area (Å²) in [5.41, 5.74) is 9.38. The van der Waals surface area contributed by atoms with Crippen LogP contribution in [0.1, 0.15) is 142 Å². The first-order chi connectivity index (χ1) is 28.9. The van der Waals surface area contributed by atoms with Gasteiger partial charge in [-0.1, -0.05) is 121 Å². The lowest BCUT2D eigenvalue weighted by atomic mass is 10.0. The SMILES string of the molecule is CCCCCCc1cc(-c2sc(-c3sc(-c4ccc5c6ccccc6n(CC)c5c4)cc3CCCCCC)cc2CCCCCC)sc1C#Cc1ccc(C(=O)O)cc1. The quantitative estimate of drug-likeness (QED) is 0.0614. The topological polar surface area (TPSA) is 42.2 Å². The molecule has 7 rings (SSSR count). The zero-order valence-corrected chi connectivity index (χ0v) is 37.9. The van der Waals surface area contributed by atoms with Gasteiger partial charge in [-0.25, -0.2) is 4.79 Å². The predicted octanol–water partition coefficient (Wildman–Crippen LogP) is 16.5. The smallest absolute Gasteiger partial charge is 0.335 e. The van der Waals surface area contributed by atoms with Crippen LogP contribution in [-0.2, 0) is 25.8 Å². The molecule has 6 heteroatoms. The highest BCUT2D eigenvalue weighted by molar-refractivity contribution is 7.27. The van der Waals surface area contributed by atoms with E-state index in [4.69, 9.17) is 0 Å². The van der Waals surface area contributed by atoms with Crippen LogP contribution in [0, 0.1) is 11.8 Å². The fourth-order valence-corrected chi connectivity index (χ4v) is 12.1. The number of aromatic nitrogens is 1. The van der Waals surface area contributed by atoms with E-state index in [1.165, 1.54) is 139 Å². The van der Waals surface area contributed by atoms with Crippen LogP contribution in [-0.4, -0.2) is 15.6 Å². The summed E-state index contributed by atoms with van der Waals surface area (Å²) in [6.45, 7) is 10.1. The maximum atomic E-state index is 11.5. The standard InChI is InChI=1S/C53H59NO2S3/c1-5-9-12-15-20-39-34-49(57-47(39)32-27-37-25-28-38(29-26-37)53(55)56)51-42(22-17-14-11-7-3)36-50(59-51)52-41(21-16-13-10-6-2)35-48(58-52)40-30-31-44-43-23-18-19-24-45(43)54(8-4)46(44)33-40/h18-19,23-26,28-31,33-36H,5-17,20-22H2,1-4H3,(H,55,56). The molecule has 59 heavy (non-hydrogen) atoms. The van der Waals surface area contributed by atoms with Crippen LogP contribution in [0.25, 0.3) is 51.8 Å². The molecule has 0 spiro atoms. The first-order valence-electron chi connectivity index (χ1n) is 22.2. The van der Waals surface area contributed by atoms with Gasteiger partial charge in [-0.3, -0.25) is 0 Å². The summed E-state index contributed by atoms with van der Waals surface area (Å²) >= 11 is 5.82. The average molecular weight is 838 g/mol. The molecular formula is C53H59NO2S3. The van der Waals surface area contributed by atoms with Gasteiger partial charge >= 0.3 is 5.97 Å². The minimum absolute atomic E-state index is 0.286. The molecule has 3 aromatic carbocycles. The van der Waals surface area contributed by atoms with E-state index in [9.17, 15) is 9.90 Å². The van der Waals surface area contributed by atoms with Gasteiger partial charge in [0.15, 0.2) is 0 Å². The Hall–Kier alpha value is -4.41. The van der Waals surface area contributed by atoms with Crippen LogP contribution >= 0.6 is 34.0 Å². The maximum Gasteiger partial charge on any atom is 0.335 e. The van der Waals surface area contributed by atoms with E-state index in [-0.39, 0.29) is 5.56 Å². The molecule has 0 radical (unpaired) electrons. The number of fused-ring (bicyclic) bond motifs is 3. The Morgan fingerprint density at radius 2 is 1.12 bits per heavy atom. The second-order valence-corrected chi connectivity index (χ2v) is 19.1. The zero-order chi connectivity index (χ0) is 41.1. The van der Waals surface area contributed by atoms with E-state index in [1.807, 2.05) is 46.1 Å². The number of aromatic carboxylic acids is 1. The lowest BCUT2D eigenvalue weighted by Crippen LogP contribution is -1.94. The Morgan fingerprint density at radius 3 is 1.75 bits per heavy atom. The first-order valence-corrected chi connectivity index (χ1v) is 24.6. The molecule has 0 aliphatic heterocycles. The van der Waals surface area contributed by atoms with Gasteiger partial charge in [0, 0.05) is 58.3 Å². The van der Waals surface area contributed by atoms with Gasteiger partial charge in [-0.2, -0.15) is 0 Å². The summed E-state index contributed by atoms with van der Waals surface area (Å²) in [6, 6.07) is 30.4. The van der Waals surface area contributed by atoms with Crippen molar-refractivity contribution in [3.63, 3.8) is 0 Å². The number of carboxylic acid groups (broad SMARTS) is 1. The minimum Gasteiger partial charge on any atom is -0.478 e. The molecule has 7 aromatic rings. The van der Waals surface area contributed by atoms with E-state index >= 15 is 0 Å². The van der Waals surface area contributed by atoms with Crippen molar-refractivity contribution in [3.8, 4) is 41.8 Å². The molecule has 0 amide bonds. The molecule has 3 nitrogen and oxygen atoms in total. The number of carboxylic acids is 1. The van der Waals surface area contributed by atoms with Crippen molar-refractivity contribution in [1.29, 1.82) is 0 Å². The Balaban J connectivity index is 1.29. The number of aryl methyl sites for hydroxylation is 4. The normalized spacial score (nSPS) is 11.5. The van der Waals surface area contributed by atoms with Crippen LogP contribution in [0.5, 0.6) is 0 Å². The number of unbranched alkanes of at least 4 members (excludes halogenated alkanes) is 9. The summed E-state index contributed by atoms with van der Waals surface area (Å²) in [4.78, 5) is 19.5. The molecule has 0 fully saturated rings. The molecule has 4 heterocycles. The summed E-state index contributed by atoms with van der Waals surface area (Å²) in [5.74, 6) is 6.01. The zero-order valence-electron chi connectivity index (χ0n) is 35.4. The number of hydrogen-bond donors (Lipinski definition) is 1. The van der Waals surface area contributed by atoms with Gasteiger partial charge in [0.1, 0.15) is 0 Å². The Morgan fingerprint density at radius 1 is 0.559 bits per heavy atom. The van der Waals surface area contributed by atoms with Crippen LogP contribution in [0.2, 0.25) is 0 Å². The number of benzene rings is 3. The monoisotopic (exact) mass is 837 g/mol. The summed E-state index contributed by atoms with van der Waals surface area (Å²) in [5, 5.41) is 12.1. The van der Waals surface area contributed by atoms with Crippen molar-refractivity contribution >= 4 is 61.8 Å². The molecule has 0 aliphatic carbocycles. The van der Waals surface area contributed by atoms with Crippen molar-refractivity contribution in [2.24, 2.45) is 0 Å². The fourth-order valence-electron chi connectivity index (χ4n) is 8.33. The number of thiophene rings is 3. The van der Waals surface area contributed by atoms with Crippen molar-refractivity contribution in [3.05, 3.63) is 118 Å². The molecule has 0 unspecified atom stereocenters. The summed E-state index contributed by atoms with van der Waals surface area (Å²) in [6.07, 6.45) is 18.1. The average Bonchev–Trinajstić information content (AvgIpc) is 4.05. The lowest BCUT2D eigenvalue weighted by molar-refractivity contribution is 0.0697. The molecule has 0 saturated carbocycles. The van der Waals surface area contributed by atoms with Crippen molar-refractivity contribution in [2.45, 2.75) is 131 Å². The molecule has 4 aromatic heterocycles. The highest BCUT2D eigenvalue weighted by Crippen LogP contribution is 2.48. The van der Waals surface area contributed by atoms with Gasteiger partial charge < -0.3 is 9.67 Å². The second-order valence-electron chi connectivity index (χ2n) is 16.0. The number of hydrogen-bond acceptors (Lipinski definition) is 4. The van der Waals surface area contributed by atoms with E-state index in [0.29, 0.717) is 0 Å². The molecule has 0 bridgehead atoms. The highest BCUT2D eigenvalue weighted by Gasteiger charge is 2.21.